The number of amides is 2. The van der Waals surface area contributed by atoms with E-state index in [0.29, 0.717) is 30.2 Å². The van der Waals surface area contributed by atoms with Crippen LogP contribution >= 0.6 is 0 Å². The maximum Gasteiger partial charge on any atom is 0.274 e. The van der Waals surface area contributed by atoms with Crippen LogP contribution in [-0.4, -0.2) is 80.1 Å². The molecule has 2 aromatic heterocycles. The van der Waals surface area contributed by atoms with E-state index in [0.717, 1.165) is 49.7 Å². The number of fused-ring (bicyclic) bond motifs is 1. The molecule has 0 aliphatic carbocycles. The highest BCUT2D eigenvalue weighted by atomic mass is 16.5. The molecule has 5 rings (SSSR count). The molecule has 10 heteroatoms. The van der Waals surface area contributed by atoms with E-state index in [1.807, 2.05) is 37.2 Å². The van der Waals surface area contributed by atoms with Gasteiger partial charge in [0.15, 0.2) is 0 Å². The number of carbonyl (C=O) groups is 2. The molecule has 192 valence electrons. The first-order chi connectivity index (χ1) is 18.0. The molecule has 2 aliphatic heterocycles. The van der Waals surface area contributed by atoms with E-state index >= 15 is 0 Å². The average Bonchev–Trinajstić information content (AvgIpc) is 3.25. The minimum atomic E-state index is -0.355. The van der Waals surface area contributed by atoms with Gasteiger partial charge in [0, 0.05) is 44.5 Å². The number of piperazine rings is 1. The SMILES string of the molecule is CN(C)CCOc1ccc2c(c1)CN(c1cccc(C(=O)Nc3cnccc3N3CCNCC3)n1)C2=O. The lowest BCUT2D eigenvalue weighted by atomic mass is 10.1. The van der Waals surface area contributed by atoms with Gasteiger partial charge in [-0.3, -0.25) is 19.5 Å². The van der Waals surface area contributed by atoms with Gasteiger partial charge in [0.25, 0.3) is 11.8 Å². The first kappa shape index (κ1) is 24.7. The Morgan fingerprint density at radius 1 is 1.16 bits per heavy atom. The van der Waals surface area contributed by atoms with E-state index in [1.54, 1.807) is 41.6 Å². The van der Waals surface area contributed by atoms with Crippen LogP contribution in [0.25, 0.3) is 0 Å². The minimum absolute atomic E-state index is 0.145. The standard InChI is InChI=1S/C27H31N7O3/c1-32(2)14-15-37-20-6-7-21-19(16-20)18-34(27(21)36)25-5-3-4-22(30-25)26(35)31-23-17-29-9-8-24(23)33-12-10-28-11-13-33/h3-9,16-17,28H,10-15,18H2,1-2H3,(H,31,35). The second-order valence-corrected chi connectivity index (χ2v) is 9.33. The Labute approximate surface area is 216 Å². The highest BCUT2D eigenvalue weighted by molar-refractivity contribution is 6.10. The Hall–Kier alpha value is -4.02. The zero-order valence-electron chi connectivity index (χ0n) is 21.1. The zero-order valence-corrected chi connectivity index (χ0v) is 21.1. The van der Waals surface area contributed by atoms with Crippen LogP contribution in [0.3, 0.4) is 0 Å². The Kier molecular flexibility index (Phi) is 7.29. The minimum Gasteiger partial charge on any atom is -0.492 e. The van der Waals surface area contributed by atoms with Crippen LogP contribution in [0.1, 0.15) is 26.4 Å². The summed E-state index contributed by atoms with van der Waals surface area (Å²) in [4.78, 5) is 40.9. The first-order valence-corrected chi connectivity index (χ1v) is 12.4. The number of pyridine rings is 2. The number of hydrogen-bond acceptors (Lipinski definition) is 8. The highest BCUT2D eigenvalue weighted by Gasteiger charge is 2.30. The van der Waals surface area contributed by atoms with Gasteiger partial charge in [-0.25, -0.2) is 4.98 Å². The maximum absolute atomic E-state index is 13.2. The van der Waals surface area contributed by atoms with Gasteiger partial charge in [-0.05, 0) is 56.1 Å². The van der Waals surface area contributed by atoms with Gasteiger partial charge in [0.05, 0.1) is 24.1 Å². The molecule has 3 aromatic rings. The number of nitrogens with zero attached hydrogens (tertiary/aromatic N) is 5. The van der Waals surface area contributed by atoms with Crippen LogP contribution in [0.4, 0.5) is 17.2 Å². The molecular weight excluding hydrogens is 470 g/mol. The number of aromatic nitrogens is 2. The van der Waals surface area contributed by atoms with E-state index in [4.69, 9.17) is 4.74 Å². The number of ether oxygens (including phenoxy) is 1. The van der Waals surface area contributed by atoms with Gasteiger partial charge in [-0.2, -0.15) is 0 Å². The quantitative estimate of drug-likeness (QED) is 0.485. The Morgan fingerprint density at radius 3 is 2.81 bits per heavy atom. The second-order valence-electron chi connectivity index (χ2n) is 9.33. The maximum atomic E-state index is 13.2. The number of rotatable bonds is 8. The molecule has 10 nitrogen and oxygen atoms in total. The number of nitrogens with one attached hydrogen (secondary N) is 2. The van der Waals surface area contributed by atoms with Crippen molar-refractivity contribution in [3.63, 3.8) is 0 Å². The van der Waals surface area contributed by atoms with E-state index in [9.17, 15) is 9.59 Å². The summed E-state index contributed by atoms with van der Waals surface area (Å²) in [6.07, 6.45) is 3.37. The summed E-state index contributed by atoms with van der Waals surface area (Å²) in [5, 5.41) is 6.29. The van der Waals surface area contributed by atoms with Crippen molar-refractivity contribution in [3.8, 4) is 5.75 Å². The summed E-state index contributed by atoms with van der Waals surface area (Å²) in [5.41, 5.74) is 3.28. The first-order valence-electron chi connectivity index (χ1n) is 12.4. The molecule has 0 radical (unpaired) electrons. The van der Waals surface area contributed by atoms with Gasteiger partial charge >= 0.3 is 0 Å². The van der Waals surface area contributed by atoms with Crippen molar-refractivity contribution in [1.29, 1.82) is 0 Å². The average molecular weight is 502 g/mol. The second kappa shape index (κ2) is 10.9. The molecule has 0 spiro atoms. The Morgan fingerprint density at radius 2 is 2.00 bits per heavy atom. The molecule has 2 aliphatic rings. The van der Waals surface area contributed by atoms with Gasteiger partial charge < -0.3 is 25.2 Å². The van der Waals surface area contributed by atoms with Crippen LogP contribution in [0, 0.1) is 0 Å². The fourth-order valence-electron chi connectivity index (χ4n) is 4.47. The fourth-order valence-corrected chi connectivity index (χ4v) is 4.47. The summed E-state index contributed by atoms with van der Waals surface area (Å²) in [6.45, 7) is 5.20. The van der Waals surface area contributed by atoms with Crippen molar-refractivity contribution in [2.45, 2.75) is 6.54 Å². The summed E-state index contributed by atoms with van der Waals surface area (Å²) < 4.78 is 5.83. The predicted molar refractivity (Wildman–Crippen MR) is 143 cm³/mol. The summed E-state index contributed by atoms with van der Waals surface area (Å²) >= 11 is 0. The number of hydrogen-bond donors (Lipinski definition) is 2. The van der Waals surface area contributed by atoms with E-state index < -0.39 is 0 Å². The van der Waals surface area contributed by atoms with Gasteiger partial charge in [0.1, 0.15) is 23.9 Å². The third kappa shape index (κ3) is 5.55. The van der Waals surface area contributed by atoms with Crippen molar-refractivity contribution in [1.82, 2.24) is 20.2 Å². The van der Waals surface area contributed by atoms with Gasteiger partial charge in [-0.1, -0.05) is 6.07 Å². The summed E-state index contributed by atoms with van der Waals surface area (Å²) in [6, 6.07) is 12.5. The molecule has 4 heterocycles. The van der Waals surface area contributed by atoms with Crippen LogP contribution in [0.5, 0.6) is 5.75 Å². The smallest absolute Gasteiger partial charge is 0.274 e. The molecule has 2 N–H and O–H groups in total. The van der Waals surface area contributed by atoms with Crippen molar-refractivity contribution in [2.24, 2.45) is 0 Å². The largest absolute Gasteiger partial charge is 0.492 e. The fraction of sp³-hybridized carbons (Fsp3) is 0.333. The topological polar surface area (TPSA) is 103 Å². The number of carbonyl (C=O) groups excluding carboxylic acids is 2. The third-order valence-electron chi connectivity index (χ3n) is 6.44. The van der Waals surface area contributed by atoms with Gasteiger partial charge in [0.2, 0.25) is 0 Å². The van der Waals surface area contributed by atoms with Crippen molar-refractivity contribution in [3.05, 3.63) is 71.7 Å². The number of anilines is 3. The van der Waals surface area contributed by atoms with E-state index in [1.165, 1.54) is 0 Å². The monoisotopic (exact) mass is 501 g/mol. The molecule has 2 amide bonds. The Balaban J connectivity index is 1.30. The molecule has 0 bridgehead atoms. The summed E-state index contributed by atoms with van der Waals surface area (Å²) in [5.74, 6) is 0.658. The van der Waals surface area contributed by atoms with E-state index in [-0.39, 0.29) is 17.5 Å². The van der Waals surface area contributed by atoms with Crippen LogP contribution < -0.4 is 25.2 Å². The number of benzene rings is 1. The lowest BCUT2D eigenvalue weighted by Gasteiger charge is -2.30. The molecule has 37 heavy (non-hydrogen) atoms. The van der Waals surface area contributed by atoms with Crippen LogP contribution in [0.2, 0.25) is 0 Å². The predicted octanol–water partition coefficient (Wildman–Crippen LogP) is 2.24. The van der Waals surface area contributed by atoms with Crippen molar-refractivity contribution in [2.75, 3.05) is 68.5 Å². The lowest BCUT2D eigenvalue weighted by Crippen LogP contribution is -2.43. The highest BCUT2D eigenvalue weighted by Crippen LogP contribution is 2.30. The molecule has 0 atom stereocenters. The van der Waals surface area contributed by atoms with E-state index in [2.05, 4.69) is 25.5 Å². The van der Waals surface area contributed by atoms with Crippen molar-refractivity contribution >= 4 is 29.0 Å². The van der Waals surface area contributed by atoms with Crippen molar-refractivity contribution < 1.29 is 14.3 Å². The molecular formula is C27H31N7O3. The zero-order chi connectivity index (χ0) is 25.8. The molecule has 1 fully saturated rings. The normalized spacial score (nSPS) is 15.2. The van der Waals surface area contributed by atoms with Crippen LogP contribution in [0.15, 0.2) is 54.9 Å². The van der Waals surface area contributed by atoms with Gasteiger partial charge in [-0.15, -0.1) is 0 Å². The third-order valence-corrected chi connectivity index (χ3v) is 6.44. The molecule has 0 unspecified atom stereocenters. The number of likely N-dealkylation sites (N-methyl/N-ethyl adjacent to an activating group) is 1. The molecule has 0 saturated carbocycles. The van der Waals surface area contributed by atoms with Crippen LogP contribution in [-0.2, 0) is 6.54 Å². The summed E-state index contributed by atoms with van der Waals surface area (Å²) in [7, 11) is 3.98. The lowest BCUT2D eigenvalue weighted by molar-refractivity contribution is 0.0990. The Bertz CT molecular complexity index is 1290. The molecule has 1 aromatic carbocycles. The molecule has 1 saturated heterocycles.